The molecule has 0 aliphatic heterocycles. The Bertz CT molecular complexity index is 3900. The monoisotopic (exact) mass is 796 g/mol. The molecule has 0 aliphatic carbocycles. The first kappa shape index (κ1) is 34.0. The summed E-state index contributed by atoms with van der Waals surface area (Å²) in [5, 5.41) is 9.41. The van der Waals surface area contributed by atoms with Crippen LogP contribution in [-0.2, 0) is 0 Å². The summed E-state index contributed by atoms with van der Waals surface area (Å²) in [5.74, 6) is 1.84. The molecule has 284 valence electrons. The first-order valence-corrected chi connectivity index (χ1v) is 21.2. The lowest BCUT2D eigenvalue weighted by Gasteiger charge is -2.16. The fourth-order valence-corrected chi connectivity index (χ4v) is 10.4. The Balaban J connectivity index is 1.11. The van der Waals surface area contributed by atoms with E-state index in [9.17, 15) is 0 Å². The molecule has 13 rings (SSSR count). The van der Waals surface area contributed by atoms with Gasteiger partial charge in [0.1, 0.15) is 11.2 Å². The molecule has 13 aromatic rings. The van der Waals surface area contributed by atoms with Crippen molar-refractivity contribution in [2.45, 2.75) is 0 Å². The summed E-state index contributed by atoms with van der Waals surface area (Å²) in [6.45, 7) is 0. The fraction of sp³-hybridized carbons (Fsp3) is 0. The molecular weight excluding hydrogens is 765 g/mol. The van der Waals surface area contributed by atoms with Crippen molar-refractivity contribution in [3.05, 3.63) is 194 Å². The minimum Gasteiger partial charge on any atom is -0.455 e. The topological polar surface area (TPSA) is 56.7 Å². The quantitative estimate of drug-likeness (QED) is 0.174. The van der Waals surface area contributed by atoms with Gasteiger partial charge in [-0.25, -0.2) is 15.0 Å². The predicted molar refractivity (Wildman–Crippen MR) is 254 cm³/mol. The predicted octanol–water partition coefficient (Wildman–Crippen LogP) is 15.1. The van der Waals surface area contributed by atoms with Crippen molar-refractivity contribution in [1.82, 2.24) is 19.5 Å². The van der Waals surface area contributed by atoms with Gasteiger partial charge in [-0.05, 0) is 70.9 Å². The number of benzene rings is 9. The summed E-state index contributed by atoms with van der Waals surface area (Å²) < 4.78 is 11.5. The van der Waals surface area contributed by atoms with Gasteiger partial charge in [0.25, 0.3) is 0 Å². The van der Waals surface area contributed by atoms with Crippen LogP contribution in [0.25, 0.3) is 126 Å². The molecule has 0 aliphatic rings. The molecule has 0 atom stereocenters. The van der Waals surface area contributed by atoms with Crippen LogP contribution >= 0.6 is 11.3 Å². The van der Waals surface area contributed by atoms with Gasteiger partial charge < -0.3 is 8.98 Å². The van der Waals surface area contributed by atoms with Crippen LogP contribution in [0.15, 0.2) is 199 Å². The van der Waals surface area contributed by atoms with Gasteiger partial charge in [0, 0.05) is 69.7 Å². The number of para-hydroxylation sites is 3. The molecule has 0 amide bonds. The Kier molecular flexibility index (Phi) is 7.41. The first-order valence-electron chi connectivity index (χ1n) is 20.4. The van der Waals surface area contributed by atoms with Crippen LogP contribution in [0.4, 0.5) is 0 Å². The standard InChI is InChI=1S/C55H32N4OS/c1-2-14-33(15-3-1)53-56-54(58-55(57-53)44-24-13-23-42-39-20-8-11-27-50(39)61-52(42)44)43-29-28-36(32-45(43)41-22-12-21-40-38-19-7-10-26-49(38)60-51(40)41)59-47-25-9-6-18-37(47)46-30-34-16-4-5-17-35(34)31-48(46)59/h1-32H. The Hall–Kier alpha value is -7.93. The molecule has 0 bridgehead atoms. The molecule has 0 saturated heterocycles. The Morgan fingerprint density at radius 1 is 0.393 bits per heavy atom. The lowest BCUT2D eigenvalue weighted by molar-refractivity contribution is 0.670. The second-order valence-electron chi connectivity index (χ2n) is 15.5. The minimum atomic E-state index is 0.588. The average Bonchev–Trinajstić information content (AvgIpc) is 4.00. The van der Waals surface area contributed by atoms with Crippen LogP contribution in [0.3, 0.4) is 0 Å². The molecule has 0 radical (unpaired) electrons. The summed E-state index contributed by atoms with van der Waals surface area (Å²) in [5.41, 5.74) is 9.69. The van der Waals surface area contributed by atoms with Gasteiger partial charge in [-0.3, -0.25) is 0 Å². The molecule has 5 nitrogen and oxygen atoms in total. The lowest BCUT2D eigenvalue weighted by atomic mass is 9.96. The van der Waals surface area contributed by atoms with Crippen molar-refractivity contribution in [3.8, 4) is 51.0 Å². The van der Waals surface area contributed by atoms with Gasteiger partial charge >= 0.3 is 0 Å². The smallest absolute Gasteiger partial charge is 0.165 e. The van der Waals surface area contributed by atoms with E-state index in [2.05, 4.69) is 168 Å². The van der Waals surface area contributed by atoms with Gasteiger partial charge in [0.2, 0.25) is 0 Å². The first-order chi connectivity index (χ1) is 30.2. The third kappa shape index (κ3) is 5.29. The normalized spacial score (nSPS) is 11.9. The van der Waals surface area contributed by atoms with E-state index in [1.54, 1.807) is 11.3 Å². The van der Waals surface area contributed by atoms with Crippen LogP contribution in [-0.4, -0.2) is 19.5 Å². The number of aromatic nitrogens is 4. The van der Waals surface area contributed by atoms with Gasteiger partial charge in [0.05, 0.1) is 11.0 Å². The summed E-state index contributed by atoms with van der Waals surface area (Å²) in [7, 11) is 0. The van der Waals surface area contributed by atoms with E-state index in [0.29, 0.717) is 17.5 Å². The highest BCUT2D eigenvalue weighted by atomic mass is 32.1. The third-order valence-electron chi connectivity index (χ3n) is 12.0. The number of hydrogen-bond acceptors (Lipinski definition) is 5. The Labute approximate surface area is 353 Å². The van der Waals surface area contributed by atoms with E-state index in [0.717, 1.165) is 71.2 Å². The van der Waals surface area contributed by atoms with Crippen LogP contribution in [0.5, 0.6) is 0 Å². The van der Waals surface area contributed by atoms with Gasteiger partial charge in [-0.2, -0.15) is 0 Å². The van der Waals surface area contributed by atoms with Crippen LogP contribution in [0, 0.1) is 0 Å². The van der Waals surface area contributed by atoms with Crippen LogP contribution in [0.2, 0.25) is 0 Å². The molecule has 6 heteroatoms. The molecule has 0 saturated carbocycles. The van der Waals surface area contributed by atoms with Gasteiger partial charge in [-0.15, -0.1) is 11.3 Å². The molecule has 0 N–H and O–H groups in total. The van der Waals surface area contributed by atoms with Crippen molar-refractivity contribution >= 4 is 86.0 Å². The van der Waals surface area contributed by atoms with Gasteiger partial charge in [0.15, 0.2) is 17.5 Å². The zero-order valence-electron chi connectivity index (χ0n) is 32.6. The van der Waals surface area contributed by atoms with E-state index >= 15 is 0 Å². The number of thiophene rings is 1. The third-order valence-corrected chi connectivity index (χ3v) is 13.3. The largest absolute Gasteiger partial charge is 0.455 e. The highest BCUT2D eigenvalue weighted by molar-refractivity contribution is 7.26. The van der Waals surface area contributed by atoms with E-state index in [1.165, 1.54) is 37.0 Å². The molecule has 4 heterocycles. The molecule has 0 fully saturated rings. The fourth-order valence-electron chi connectivity index (χ4n) is 9.24. The molecule has 9 aromatic carbocycles. The van der Waals surface area contributed by atoms with E-state index in [1.807, 2.05) is 30.3 Å². The van der Waals surface area contributed by atoms with Crippen LogP contribution in [0.1, 0.15) is 0 Å². The summed E-state index contributed by atoms with van der Waals surface area (Å²) in [6, 6.07) is 68.5. The summed E-state index contributed by atoms with van der Waals surface area (Å²) >= 11 is 1.78. The molecule has 0 unspecified atom stereocenters. The van der Waals surface area contributed by atoms with Crippen molar-refractivity contribution in [1.29, 1.82) is 0 Å². The van der Waals surface area contributed by atoms with E-state index < -0.39 is 0 Å². The Morgan fingerprint density at radius 3 is 1.92 bits per heavy atom. The minimum absolute atomic E-state index is 0.588. The SMILES string of the molecule is c1ccc(-c2nc(-c3ccc(-n4c5ccccc5c5cc6ccccc6cc54)cc3-c3cccc4c3oc3ccccc34)nc(-c3cccc4c3sc3ccccc34)n2)cc1. The number of rotatable bonds is 5. The summed E-state index contributed by atoms with van der Waals surface area (Å²) in [4.78, 5) is 15.9. The van der Waals surface area contributed by atoms with Gasteiger partial charge in [-0.1, -0.05) is 140 Å². The average molecular weight is 797 g/mol. The second kappa shape index (κ2) is 13.3. The molecular formula is C55H32N4OS. The molecule has 0 spiro atoms. The summed E-state index contributed by atoms with van der Waals surface area (Å²) in [6.07, 6.45) is 0. The number of nitrogens with zero attached hydrogens (tertiary/aromatic N) is 4. The molecule has 61 heavy (non-hydrogen) atoms. The maximum atomic E-state index is 6.75. The lowest BCUT2D eigenvalue weighted by Crippen LogP contribution is -2.02. The Morgan fingerprint density at radius 2 is 1.05 bits per heavy atom. The zero-order valence-corrected chi connectivity index (χ0v) is 33.4. The number of fused-ring (bicyclic) bond motifs is 10. The van der Waals surface area contributed by atoms with Crippen molar-refractivity contribution in [3.63, 3.8) is 0 Å². The highest BCUT2D eigenvalue weighted by Crippen LogP contribution is 2.44. The van der Waals surface area contributed by atoms with Crippen molar-refractivity contribution in [2.75, 3.05) is 0 Å². The zero-order chi connectivity index (χ0) is 40.0. The van der Waals surface area contributed by atoms with Crippen molar-refractivity contribution in [2.24, 2.45) is 0 Å². The van der Waals surface area contributed by atoms with E-state index in [4.69, 9.17) is 19.4 Å². The number of hydrogen-bond donors (Lipinski definition) is 0. The molecule has 4 aromatic heterocycles. The maximum absolute atomic E-state index is 6.75. The highest BCUT2D eigenvalue weighted by Gasteiger charge is 2.23. The van der Waals surface area contributed by atoms with E-state index in [-0.39, 0.29) is 0 Å². The van der Waals surface area contributed by atoms with Crippen molar-refractivity contribution < 1.29 is 4.42 Å². The van der Waals surface area contributed by atoms with Crippen LogP contribution < -0.4 is 0 Å². The number of furan rings is 1. The second-order valence-corrected chi connectivity index (χ2v) is 16.6. The maximum Gasteiger partial charge on any atom is 0.165 e.